The number of cyclic esters (lactones) is 1. The van der Waals surface area contributed by atoms with Gasteiger partial charge in [-0.25, -0.2) is 18.0 Å². The van der Waals surface area contributed by atoms with Crippen LogP contribution in [0.1, 0.15) is 23.7 Å². The second-order valence-corrected chi connectivity index (χ2v) is 6.50. The third kappa shape index (κ3) is 2.82. The summed E-state index contributed by atoms with van der Waals surface area (Å²) >= 11 is 0. The molecule has 1 aromatic carbocycles. The Labute approximate surface area is 116 Å². The quantitative estimate of drug-likeness (QED) is 0.769. The molecule has 1 atom stereocenters. The number of carbonyl (C=O) groups is 2. The van der Waals surface area contributed by atoms with Crippen molar-refractivity contribution in [1.82, 2.24) is 0 Å². The van der Waals surface area contributed by atoms with E-state index in [0.29, 0.717) is 0 Å². The van der Waals surface area contributed by atoms with Gasteiger partial charge < -0.3 is 9.47 Å². The maximum atomic E-state index is 12.0. The van der Waals surface area contributed by atoms with Gasteiger partial charge in [0, 0.05) is 6.42 Å². The van der Waals surface area contributed by atoms with Crippen molar-refractivity contribution in [2.45, 2.75) is 24.3 Å². The lowest BCUT2D eigenvalue weighted by molar-refractivity contribution is -0.145. The minimum Gasteiger partial charge on any atom is -0.463 e. The zero-order chi connectivity index (χ0) is 14.8. The highest BCUT2D eigenvalue weighted by molar-refractivity contribution is 7.91. The molecule has 2 rings (SSSR count). The van der Waals surface area contributed by atoms with Gasteiger partial charge in [-0.15, -0.1) is 0 Å². The molecule has 0 amide bonds. The highest BCUT2D eigenvalue weighted by Gasteiger charge is 2.32. The van der Waals surface area contributed by atoms with Crippen LogP contribution in [0.5, 0.6) is 0 Å². The Morgan fingerprint density at radius 2 is 2.10 bits per heavy atom. The Kier molecular flexibility index (Phi) is 4.08. The predicted molar refractivity (Wildman–Crippen MR) is 68.9 cm³/mol. The first-order valence-corrected chi connectivity index (χ1v) is 7.80. The van der Waals surface area contributed by atoms with Crippen LogP contribution in [0.2, 0.25) is 0 Å². The first-order chi connectivity index (χ1) is 9.45. The summed E-state index contributed by atoms with van der Waals surface area (Å²) in [4.78, 5) is 23.2. The topological polar surface area (TPSA) is 86.7 Å². The minimum atomic E-state index is -3.54. The average molecular weight is 298 g/mol. The summed E-state index contributed by atoms with van der Waals surface area (Å²) in [5.41, 5.74) is -0.0611. The standard InChI is InChI=1S/C13H14O6S/c1-2-20(16,17)11-6-4-3-5-9(11)12(14)19-10-7-8-18-13(10)15/h3-6,10H,2,7-8H2,1H3/t10-/m0/s1. The molecule has 1 saturated heterocycles. The van der Waals surface area contributed by atoms with E-state index in [0.717, 1.165) is 0 Å². The number of sulfone groups is 1. The average Bonchev–Trinajstić information content (AvgIpc) is 2.84. The van der Waals surface area contributed by atoms with Gasteiger partial charge in [-0.3, -0.25) is 0 Å². The predicted octanol–water partition coefficient (Wildman–Crippen LogP) is 0.953. The van der Waals surface area contributed by atoms with Gasteiger partial charge in [-0.05, 0) is 12.1 Å². The summed E-state index contributed by atoms with van der Waals surface area (Å²) < 4.78 is 33.6. The Bertz CT molecular complexity index is 634. The summed E-state index contributed by atoms with van der Waals surface area (Å²) in [6, 6.07) is 5.79. The minimum absolute atomic E-state index is 0.0611. The molecule has 1 aromatic rings. The normalized spacial score (nSPS) is 18.6. The lowest BCUT2D eigenvalue weighted by Gasteiger charge is -2.11. The van der Waals surface area contributed by atoms with Crippen molar-refractivity contribution < 1.29 is 27.5 Å². The van der Waals surface area contributed by atoms with Crippen LogP contribution in [0.4, 0.5) is 0 Å². The lowest BCUT2D eigenvalue weighted by atomic mass is 10.2. The molecule has 108 valence electrons. The van der Waals surface area contributed by atoms with Crippen LogP contribution in [-0.4, -0.2) is 38.8 Å². The van der Waals surface area contributed by atoms with Gasteiger partial charge in [-0.2, -0.15) is 0 Å². The van der Waals surface area contributed by atoms with Gasteiger partial charge in [0.25, 0.3) is 0 Å². The molecule has 0 aromatic heterocycles. The summed E-state index contributed by atoms with van der Waals surface area (Å²) in [6.07, 6.45) is -0.673. The van der Waals surface area contributed by atoms with Crippen molar-refractivity contribution in [2.24, 2.45) is 0 Å². The molecular formula is C13H14O6S. The van der Waals surface area contributed by atoms with E-state index >= 15 is 0 Å². The molecule has 6 nitrogen and oxygen atoms in total. The molecule has 7 heteroatoms. The first kappa shape index (κ1) is 14.5. The fourth-order valence-electron chi connectivity index (χ4n) is 1.84. The molecule has 1 fully saturated rings. The van der Waals surface area contributed by atoms with Gasteiger partial charge >= 0.3 is 11.9 Å². The van der Waals surface area contributed by atoms with Crippen molar-refractivity contribution in [1.29, 1.82) is 0 Å². The Hall–Kier alpha value is -1.89. The van der Waals surface area contributed by atoms with Crippen molar-refractivity contribution >= 4 is 21.8 Å². The number of carbonyl (C=O) groups excluding carboxylic acids is 2. The number of hydrogen-bond acceptors (Lipinski definition) is 6. The molecule has 0 N–H and O–H groups in total. The van der Waals surface area contributed by atoms with Crippen molar-refractivity contribution in [2.75, 3.05) is 12.4 Å². The third-order valence-corrected chi connectivity index (χ3v) is 4.74. The van der Waals surface area contributed by atoms with Gasteiger partial charge in [0.05, 0.1) is 22.8 Å². The second-order valence-electron chi connectivity index (χ2n) is 4.25. The fraction of sp³-hybridized carbons (Fsp3) is 0.385. The summed E-state index contributed by atoms with van der Waals surface area (Å²) in [6.45, 7) is 1.69. The zero-order valence-electron chi connectivity index (χ0n) is 10.9. The smallest absolute Gasteiger partial charge is 0.347 e. The molecule has 1 aliphatic rings. The molecule has 1 heterocycles. The molecule has 1 aliphatic heterocycles. The number of rotatable bonds is 4. The van der Waals surface area contributed by atoms with Crippen LogP contribution in [0, 0.1) is 0 Å². The highest BCUT2D eigenvalue weighted by Crippen LogP contribution is 2.20. The van der Waals surface area contributed by atoms with E-state index in [4.69, 9.17) is 4.74 Å². The van der Waals surface area contributed by atoms with E-state index in [-0.39, 0.29) is 29.2 Å². The largest absolute Gasteiger partial charge is 0.463 e. The van der Waals surface area contributed by atoms with Crippen molar-refractivity contribution in [3.63, 3.8) is 0 Å². The molecule has 0 bridgehead atoms. The molecule has 0 radical (unpaired) electrons. The monoisotopic (exact) mass is 298 g/mol. The third-order valence-electron chi connectivity index (χ3n) is 2.96. The first-order valence-electron chi connectivity index (χ1n) is 6.15. The van der Waals surface area contributed by atoms with E-state index in [1.807, 2.05) is 0 Å². The Morgan fingerprint density at radius 1 is 1.40 bits per heavy atom. The second kappa shape index (κ2) is 5.62. The van der Waals surface area contributed by atoms with Crippen LogP contribution in [0.15, 0.2) is 29.2 Å². The Morgan fingerprint density at radius 3 is 2.70 bits per heavy atom. The molecule has 0 saturated carbocycles. The van der Waals surface area contributed by atoms with Crippen molar-refractivity contribution in [3.05, 3.63) is 29.8 Å². The molecule has 0 unspecified atom stereocenters. The van der Waals surface area contributed by atoms with E-state index < -0.39 is 27.9 Å². The Balaban J connectivity index is 2.29. The van der Waals surface area contributed by atoms with Gasteiger partial charge in [0.1, 0.15) is 0 Å². The van der Waals surface area contributed by atoms with E-state index in [1.54, 1.807) is 0 Å². The highest BCUT2D eigenvalue weighted by atomic mass is 32.2. The summed E-state index contributed by atoms with van der Waals surface area (Å²) in [7, 11) is -3.54. The maximum Gasteiger partial charge on any atom is 0.347 e. The molecule has 20 heavy (non-hydrogen) atoms. The summed E-state index contributed by atoms with van der Waals surface area (Å²) in [5, 5.41) is 0. The van der Waals surface area contributed by atoms with Gasteiger partial charge in [0.2, 0.25) is 6.10 Å². The molecule has 0 aliphatic carbocycles. The maximum absolute atomic E-state index is 12.0. The number of hydrogen-bond donors (Lipinski definition) is 0. The van der Waals surface area contributed by atoms with Crippen LogP contribution in [0.25, 0.3) is 0 Å². The van der Waals surface area contributed by atoms with Crippen LogP contribution >= 0.6 is 0 Å². The number of ether oxygens (including phenoxy) is 2. The van der Waals surface area contributed by atoms with Crippen LogP contribution in [0.3, 0.4) is 0 Å². The molecular weight excluding hydrogens is 284 g/mol. The van der Waals surface area contributed by atoms with E-state index in [9.17, 15) is 18.0 Å². The number of esters is 2. The summed E-state index contributed by atoms with van der Waals surface area (Å²) in [5.74, 6) is -1.56. The van der Waals surface area contributed by atoms with Crippen molar-refractivity contribution in [3.8, 4) is 0 Å². The van der Waals surface area contributed by atoms with E-state index in [1.165, 1.54) is 31.2 Å². The van der Waals surface area contributed by atoms with Gasteiger partial charge in [0.15, 0.2) is 9.84 Å². The van der Waals surface area contributed by atoms with Gasteiger partial charge in [-0.1, -0.05) is 19.1 Å². The SMILES string of the molecule is CCS(=O)(=O)c1ccccc1C(=O)O[C@H]1CCOC1=O. The zero-order valence-corrected chi connectivity index (χ0v) is 11.7. The fourth-order valence-corrected chi connectivity index (χ4v) is 2.92. The lowest BCUT2D eigenvalue weighted by Crippen LogP contribution is -2.24. The number of benzene rings is 1. The molecule has 0 spiro atoms. The van der Waals surface area contributed by atoms with Crippen LogP contribution in [-0.2, 0) is 24.1 Å². The van der Waals surface area contributed by atoms with E-state index in [2.05, 4.69) is 4.74 Å². The van der Waals surface area contributed by atoms with Crippen LogP contribution < -0.4 is 0 Å².